The summed E-state index contributed by atoms with van der Waals surface area (Å²) in [5, 5.41) is 13.5. The Morgan fingerprint density at radius 2 is 1.87 bits per heavy atom. The second-order valence-corrected chi connectivity index (χ2v) is 5.80. The summed E-state index contributed by atoms with van der Waals surface area (Å²) in [6.45, 7) is 0.857. The Morgan fingerprint density at radius 1 is 1.17 bits per heavy atom. The van der Waals surface area contributed by atoms with Crippen LogP contribution in [-0.2, 0) is 21.4 Å². The van der Waals surface area contributed by atoms with Crippen molar-refractivity contribution < 1.29 is 19.2 Å². The number of carboxylic acids is 1. The lowest BCUT2D eigenvalue weighted by Crippen LogP contribution is -2.49. The van der Waals surface area contributed by atoms with Crippen LogP contribution >= 0.6 is 0 Å². The molecule has 0 bridgehead atoms. The van der Waals surface area contributed by atoms with Crippen LogP contribution in [0.4, 0.5) is 0 Å². The topological polar surface area (TPSA) is 83.6 Å². The normalized spacial score (nSPS) is 17.0. The van der Waals surface area contributed by atoms with E-state index in [1.807, 2.05) is 30.3 Å². The van der Waals surface area contributed by atoms with Gasteiger partial charge >= 0.3 is 5.97 Å². The summed E-state index contributed by atoms with van der Waals surface area (Å²) < 4.78 is 4.73. The summed E-state index contributed by atoms with van der Waals surface area (Å²) in [5.74, 6) is -0.877. The summed E-state index contributed by atoms with van der Waals surface area (Å²) in [6.07, 6.45) is 2.44. The highest BCUT2D eigenvalue weighted by atomic mass is 16.5. The van der Waals surface area contributed by atoms with Crippen molar-refractivity contribution in [1.29, 1.82) is 0 Å². The summed E-state index contributed by atoms with van der Waals surface area (Å²) in [5.41, 5.74) is 0.482. The molecule has 2 heterocycles. The number of carbonyl (C=O) groups is 2. The third kappa shape index (κ3) is 2.97. The number of rotatable bonds is 4. The average molecular weight is 314 g/mol. The third-order valence-corrected chi connectivity index (χ3v) is 4.53. The van der Waals surface area contributed by atoms with Gasteiger partial charge in [-0.15, -0.1) is 0 Å². The van der Waals surface area contributed by atoms with Gasteiger partial charge < -0.3 is 14.5 Å². The van der Waals surface area contributed by atoms with Crippen LogP contribution in [0.3, 0.4) is 0 Å². The highest BCUT2D eigenvalue weighted by Gasteiger charge is 2.43. The first-order valence-corrected chi connectivity index (χ1v) is 7.58. The van der Waals surface area contributed by atoms with E-state index in [0.717, 1.165) is 5.56 Å². The molecule has 1 aliphatic rings. The van der Waals surface area contributed by atoms with Crippen molar-refractivity contribution in [2.75, 3.05) is 13.1 Å². The number of benzene rings is 1. The monoisotopic (exact) mass is 314 g/mol. The van der Waals surface area contributed by atoms with Crippen molar-refractivity contribution >= 4 is 11.9 Å². The van der Waals surface area contributed by atoms with Gasteiger partial charge in [-0.05, 0) is 18.4 Å². The standard InChI is InChI=1S/C17H18N2O4/c20-15(12-14-6-11-23-18-14)19-9-7-17(8-10-19,16(21)22)13-4-2-1-3-5-13/h1-6,11H,7-10,12H2,(H,21,22). The largest absolute Gasteiger partial charge is 0.481 e. The van der Waals surface area contributed by atoms with Gasteiger partial charge in [0.2, 0.25) is 5.91 Å². The molecule has 1 aromatic heterocycles. The van der Waals surface area contributed by atoms with Crippen LogP contribution in [0.5, 0.6) is 0 Å². The SMILES string of the molecule is O=C(Cc1ccon1)N1CCC(C(=O)O)(c2ccccc2)CC1. The van der Waals surface area contributed by atoms with Gasteiger partial charge in [-0.2, -0.15) is 0 Å². The van der Waals surface area contributed by atoms with Crippen LogP contribution in [-0.4, -0.2) is 40.1 Å². The first-order chi connectivity index (χ1) is 11.1. The van der Waals surface area contributed by atoms with Crippen molar-refractivity contribution in [3.63, 3.8) is 0 Å². The van der Waals surface area contributed by atoms with Crippen molar-refractivity contribution in [1.82, 2.24) is 10.1 Å². The molecule has 6 heteroatoms. The van der Waals surface area contributed by atoms with E-state index in [1.54, 1.807) is 11.0 Å². The number of nitrogens with zero attached hydrogens (tertiary/aromatic N) is 2. The van der Waals surface area contributed by atoms with E-state index in [9.17, 15) is 14.7 Å². The van der Waals surface area contributed by atoms with Gasteiger partial charge in [0.25, 0.3) is 0 Å². The number of hydrogen-bond acceptors (Lipinski definition) is 4. The lowest BCUT2D eigenvalue weighted by Gasteiger charge is -2.39. The molecule has 0 atom stereocenters. The van der Waals surface area contributed by atoms with Gasteiger partial charge in [-0.1, -0.05) is 35.5 Å². The lowest BCUT2D eigenvalue weighted by atomic mass is 9.73. The Kier molecular flexibility index (Phi) is 4.14. The van der Waals surface area contributed by atoms with Gasteiger partial charge in [-0.25, -0.2) is 0 Å². The van der Waals surface area contributed by atoms with Gasteiger partial charge in [0.15, 0.2) is 0 Å². The molecule has 1 aromatic carbocycles. The minimum Gasteiger partial charge on any atom is -0.481 e. The highest BCUT2D eigenvalue weighted by Crippen LogP contribution is 2.36. The van der Waals surface area contributed by atoms with E-state index in [4.69, 9.17) is 4.52 Å². The maximum absolute atomic E-state index is 12.3. The predicted molar refractivity (Wildman–Crippen MR) is 81.8 cm³/mol. The molecule has 3 rings (SSSR count). The molecule has 0 spiro atoms. The van der Waals surface area contributed by atoms with Crippen LogP contribution in [0.2, 0.25) is 0 Å². The van der Waals surface area contributed by atoms with E-state index in [2.05, 4.69) is 5.16 Å². The quantitative estimate of drug-likeness (QED) is 0.931. The molecule has 0 aliphatic carbocycles. The molecule has 2 aromatic rings. The molecule has 1 N–H and O–H groups in total. The van der Waals surface area contributed by atoms with Gasteiger partial charge in [-0.3, -0.25) is 9.59 Å². The van der Waals surface area contributed by atoms with E-state index >= 15 is 0 Å². The van der Waals surface area contributed by atoms with E-state index in [1.165, 1.54) is 6.26 Å². The van der Waals surface area contributed by atoms with E-state index in [-0.39, 0.29) is 12.3 Å². The zero-order valence-corrected chi connectivity index (χ0v) is 12.6. The van der Waals surface area contributed by atoms with E-state index < -0.39 is 11.4 Å². The Hall–Kier alpha value is -2.63. The Morgan fingerprint density at radius 3 is 2.43 bits per heavy atom. The van der Waals surface area contributed by atoms with Crippen LogP contribution in [0.25, 0.3) is 0 Å². The van der Waals surface area contributed by atoms with Crippen LogP contribution in [0.1, 0.15) is 24.1 Å². The first-order valence-electron chi connectivity index (χ1n) is 7.58. The summed E-state index contributed by atoms with van der Waals surface area (Å²) in [4.78, 5) is 25.9. The maximum atomic E-state index is 12.3. The fraction of sp³-hybridized carbons (Fsp3) is 0.353. The second kappa shape index (κ2) is 6.24. The highest BCUT2D eigenvalue weighted by molar-refractivity contribution is 5.83. The fourth-order valence-corrected chi connectivity index (χ4v) is 3.12. The first kappa shape index (κ1) is 15.3. The predicted octanol–water partition coefficient (Wildman–Crippen LogP) is 1.86. The lowest BCUT2D eigenvalue weighted by molar-refractivity contribution is -0.148. The molecule has 0 saturated carbocycles. The zero-order chi connectivity index (χ0) is 16.3. The minimum absolute atomic E-state index is 0.0500. The van der Waals surface area contributed by atoms with Crippen LogP contribution in [0, 0.1) is 0 Å². The third-order valence-electron chi connectivity index (χ3n) is 4.53. The molecule has 1 aliphatic heterocycles. The Balaban J connectivity index is 1.70. The number of aliphatic carboxylic acids is 1. The minimum atomic E-state index is -0.911. The van der Waals surface area contributed by atoms with E-state index in [0.29, 0.717) is 31.6 Å². The van der Waals surface area contributed by atoms with Crippen LogP contribution < -0.4 is 0 Å². The zero-order valence-electron chi connectivity index (χ0n) is 12.6. The fourth-order valence-electron chi connectivity index (χ4n) is 3.12. The molecule has 6 nitrogen and oxygen atoms in total. The summed E-state index contributed by atoms with van der Waals surface area (Å²) in [6, 6.07) is 10.9. The van der Waals surface area contributed by atoms with Gasteiger partial charge in [0, 0.05) is 19.2 Å². The number of piperidine rings is 1. The molecular weight excluding hydrogens is 296 g/mol. The number of likely N-dealkylation sites (tertiary alicyclic amines) is 1. The molecule has 120 valence electrons. The smallest absolute Gasteiger partial charge is 0.314 e. The molecule has 1 fully saturated rings. The van der Waals surface area contributed by atoms with Crippen molar-refractivity contribution in [3.05, 3.63) is 53.9 Å². The van der Waals surface area contributed by atoms with Gasteiger partial charge in [0.1, 0.15) is 6.26 Å². The maximum Gasteiger partial charge on any atom is 0.314 e. The second-order valence-electron chi connectivity index (χ2n) is 5.80. The molecular formula is C17H18N2O4. The number of amides is 1. The van der Waals surface area contributed by atoms with Crippen molar-refractivity contribution in [2.45, 2.75) is 24.7 Å². The Bertz CT molecular complexity index is 674. The molecule has 1 amide bonds. The van der Waals surface area contributed by atoms with Crippen molar-refractivity contribution in [3.8, 4) is 0 Å². The summed E-state index contributed by atoms with van der Waals surface area (Å²) in [7, 11) is 0. The average Bonchev–Trinajstić information content (AvgIpc) is 3.08. The summed E-state index contributed by atoms with van der Waals surface area (Å²) >= 11 is 0. The van der Waals surface area contributed by atoms with Crippen LogP contribution in [0.15, 0.2) is 47.2 Å². The molecule has 1 saturated heterocycles. The molecule has 0 radical (unpaired) electrons. The number of aromatic nitrogens is 1. The molecule has 0 unspecified atom stereocenters. The Labute approximate surface area is 133 Å². The number of hydrogen-bond donors (Lipinski definition) is 1. The van der Waals surface area contributed by atoms with Crippen molar-refractivity contribution in [2.24, 2.45) is 0 Å². The number of carboxylic acid groups (broad SMARTS) is 1. The van der Waals surface area contributed by atoms with Gasteiger partial charge in [0.05, 0.1) is 17.5 Å². The number of carbonyl (C=O) groups excluding carboxylic acids is 1. The molecule has 23 heavy (non-hydrogen) atoms.